The highest BCUT2D eigenvalue weighted by molar-refractivity contribution is 5.93. The van der Waals surface area contributed by atoms with E-state index in [9.17, 15) is 4.79 Å². The standard InChI is InChI=1S/C17H21N3O/c1-12(2)20(11-13-3-7-15(18)8-4-13)16-9-5-14(6-10-16)17(19)21/h3-10,12H,11,18H2,1-2H3,(H2,19,21). The predicted octanol–water partition coefficient (Wildman–Crippen LogP) is 2.78. The number of amides is 1. The molecule has 0 spiro atoms. The van der Waals surface area contributed by atoms with Gasteiger partial charge in [-0.3, -0.25) is 4.79 Å². The van der Waals surface area contributed by atoms with Gasteiger partial charge in [-0.25, -0.2) is 0 Å². The molecular formula is C17H21N3O. The minimum Gasteiger partial charge on any atom is -0.399 e. The zero-order chi connectivity index (χ0) is 15.4. The van der Waals surface area contributed by atoms with Crippen LogP contribution in [0.4, 0.5) is 11.4 Å². The van der Waals surface area contributed by atoms with Crippen LogP contribution in [0.25, 0.3) is 0 Å². The average Bonchev–Trinajstić information content (AvgIpc) is 2.46. The Morgan fingerprint density at radius 2 is 1.62 bits per heavy atom. The molecule has 1 amide bonds. The molecule has 0 aliphatic carbocycles. The minimum atomic E-state index is -0.406. The fraction of sp³-hybridized carbons (Fsp3) is 0.235. The van der Waals surface area contributed by atoms with Crippen LogP contribution < -0.4 is 16.4 Å². The third-order valence-electron chi connectivity index (χ3n) is 3.44. The van der Waals surface area contributed by atoms with Gasteiger partial charge in [0.2, 0.25) is 5.91 Å². The van der Waals surface area contributed by atoms with Crippen LogP contribution >= 0.6 is 0 Å². The lowest BCUT2D eigenvalue weighted by atomic mass is 10.1. The van der Waals surface area contributed by atoms with Gasteiger partial charge in [0.1, 0.15) is 0 Å². The van der Waals surface area contributed by atoms with Crippen molar-refractivity contribution in [1.82, 2.24) is 0 Å². The quantitative estimate of drug-likeness (QED) is 0.829. The van der Waals surface area contributed by atoms with E-state index in [1.807, 2.05) is 36.4 Å². The van der Waals surface area contributed by atoms with Gasteiger partial charge in [-0.1, -0.05) is 12.1 Å². The maximum atomic E-state index is 11.1. The number of rotatable bonds is 5. The molecule has 2 aromatic rings. The third kappa shape index (κ3) is 3.75. The van der Waals surface area contributed by atoms with Crippen molar-refractivity contribution in [3.63, 3.8) is 0 Å². The van der Waals surface area contributed by atoms with E-state index in [1.54, 1.807) is 12.1 Å². The van der Waals surface area contributed by atoms with E-state index in [0.29, 0.717) is 11.6 Å². The van der Waals surface area contributed by atoms with E-state index in [-0.39, 0.29) is 0 Å². The summed E-state index contributed by atoms with van der Waals surface area (Å²) in [6.07, 6.45) is 0. The van der Waals surface area contributed by atoms with Crippen molar-refractivity contribution >= 4 is 17.3 Å². The van der Waals surface area contributed by atoms with Crippen LogP contribution in [0, 0.1) is 0 Å². The monoisotopic (exact) mass is 283 g/mol. The third-order valence-corrected chi connectivity index (χ3v) is 3.44. The number of hydrogen-bond acceptors (Lipinski definition) is 3. The van der Waals surface area contributed by atoms with Crippen molar-refractivity contribution in [3.8, 4) is 0 Å². The largest absolute Gasteiger partial charge is 0.399 e. The molecule has 2 aromatic carbocycles. The van der Waals surface area contributed by atoms with Crippen LogP contribution in [-0.4, -0.2) is 11.9 Å². The molecule has 4 N–H and O–H groups in total. The van der Waals surface area contributed by atoms with Gasteiger partial charge in [0.25, 0.3) is 0 Å². The first-order valence-corrected chi connectivity index (χ1v) is 6.98. The Morgan fingerprint density at radius 3 is 2.10 bits per heavy atom. The Hall–Kier alpha value is -2.49. The summed E-state index contributed by atoms with van der Waals surface area (Å²) in [5.41, 5.74) is 14.5. The second-order valence-corrected chi connectivity index (χ2v) is 5.37. The van der Waals surface area contributed by atoms with E-state index in [1.165, 1.54) is 5.56 Å². The van der Waals surface area contributed by atoms with Gasteiger partial charge in [-0.05, 0) is 55.8 Å². The van der Waals surface area contributed by atoms with Crippen LogP contribution in [0.5, 0.6) is 0 Å². The fourth-order valence-electron chi connectivity index (χ4n) is 2.21. The van der Waals surface area contributed by atoms with Crippen LogP contribution in [-0.2, 0) is 6.54 Å². The summed E-state index contributed by atoms with van der Waals surface area (Å²) in [7, 11) is 0. The molecule has 0 aliphatic rings. The molecule has 0 saturated heterocycles. The lowest BCUT2D eigenvalue weighted by Crippen LogP contribution is -2.30. The van der Waals surface area contributed by atoms with Crippen molar-refractivity contribution in [3.05, 3.63) is 59.7 Å². The molecule has 21 heavy (non-hydrogen) atoms. The molecule has 0 saturated carbocycles. The van der Waals surface area contributed by atoms with E-state index in [2.05, 4.69) is 18.7 Å². The SMILES string of the molecule is CC(C)N(Cc1ccc(N)cc1)c1ccc(C(N)=O)cc1. The molecule has 0 atom stereocenters. The molecule has 110 valence electrons. The number of nitrogen functional groups attached to an aromatic ring is 1. The zero-order valence-electron chi connectivity index (χ0n) is 12.4. The minimum absolute atomic E-state index is 0.335. The maximum absolute atomic E-state index is 11.1. The predicted molar refractivity (Wildman–Crippen MR) is 87.1 cm³/mol. The van der Waals surface area contributed by atoms with Gasteiger partial charge in [0, 0.05) is 29.5 Å². The highest BCUT2D eigenvalue weighted by atomic mass is 16.1. The van der Waals surface area contributed by atoms with Crippen molar-refractivity contribution in [2.24, 2.45) is 5.73 Å². The van der Waals surface area contributed by atoms with Crippen molar-refractivity contribution in [2.75, 3.05) is 10.6 Å². The highest BCUT2D eigenvalue weighted by Gasteiger charge is 2.12. The number of benzene rings is 2. The van der Waals surface area contributed by atoms with Crippen molar-refractivity contribution in [2.45, 2.75) is 26.4 Å². The van der Waals surface area contributed by atoms with Gasteiger partial charge in [-0.2, -0.15) is 0 Å². The van der Waals surface area contributed by atoms with Gasteiger partial charge in [0.05, 0.1) is 0 Å². The molecule has 4 nitrogen and oxygen atoms in total. The number of carbonyl (C=O) groups is 1. The molecule has 0 aliphatic heterocycles. The fourth-order valence-corrected chi connectivity index (χ4v) is 2.21. The van der Waals surface area contributed by atoms with Gasteiger partial charge in [0.15, 0.2) is 0 Å². The summed E-state index contributed by atoms with van der Waals surface area (Å²) < 4.78 is 0. The number of anilines is 2. The molecule has 0 fully saturated rings. The first-order chi connectivity index (χ1) is 9.97. The van der Waals surface area contributed by atoms with Gasteiger partial charge in [-0.15, -0.1) is 0 Å². The topological polar surface area (TPSA) is 72.3 Å². The van der Waals surface area contributed by atoms with Gasteiger partial charge < -0.3 is 16.4 Å². The molecule has 0 heterocycles. The molecular weight excluding hydrogens is 262 g/mol. The molecule has 4 heteroatoms. The number of primary amides is 1. The van der Waals surface area contributed by atoms with Crippen LogP contribution in [0.1, 0.15) is 29.8 Å². The lowest BCUT2D eigenvalue weighted by molar-refractivity contribution is 0.100. The Morgan fingerprint density at radius 1 is 1.05 bits per heavy atom. The molecule has 0 unspecified atom stereocenters. The number of nitrogens with zero attached hydrogens (tertiary/aromatic N) is 1. The lowest BCUT2D eigenvalue weighted by Gasteiger charge is -2.29. The van der Waals surface area contributed by atoms with E-state index >= 15 is 0 Å². The van der Waals surface area contributed by atoms with E-state index in [0.717, 1.165) is 17.9 Å². The van der Waals surface area contributed by atoms with Crippen LogP contribution in [0.3, 0.4) is 0 Å². The van der Waals surface area contributed by atoms with Crippen LogP contribution in [0.15, 0.2) is 48.5 Å². The first kappa shape index (κ1) is 14.9. The number of hydrogen-bond donors (Lipinski definition) is 2. The van der Waals surface area contributed by atoms with Crippen LogP contribution in [0.2, 0.25) is 0 Å². The summed E-state index contributed by atoms with van der Waals surface area (Å²) in [5.74, 6) is -0.406. The Balaban J connectivity index is 2.22. The normalized spacial score (nSPS) is 10.6. The summed E-state index contributed by atoms with van der Waals surface area (Å²) in [6.45, 7) is 5.06. The van der Waals surface area contributed by atoms with Gasteiger partial charge >= 0.3 is 0 Å². The number of carbonyl (C=O) groups excluding carboxylic acids is 1. The smallest absolute Gasteiger partial charge is 0.248 e. The first-order valence-electron chi connectivity index (χ1n) is 6.98. The molecule has 2 rings (SSSR count). The maximum Gasteiger partial charge on any atom is 0.248 e. The Kier molecular flexibility index (Phi) is 4.48. The summed E-state index contributed by atoms with van der Waals surface area (Å²) >= 11 is 0. The van der Waals surface area contributed by atoms with Crippen molar-refractivity contribution in [1.29, 1.82) is 0 Å². The molecule has 0 bridgehead atoms. The Bertz CT molecular complexity index is 603. The molecule has 0 radical (unpaired) electrons. The summed E-state index contributed by atoms with van der Waals surface area (Å²) in [6, 6.07) is 15.6. The zero-order valence-corrected chi connectivity index (χ0v) is 12.4. The summed E-state index contributed by atoms with van der Waals surface area (Å²) in [4.78, 5) is 13.4. The summed E-state index contributed by atoms with van der Waals surface area (Å²) in [5, 5.41) is 0. The molecule has 0 aromatic heterocycles. The highest BCUT2D eigenvalue weighted by Crippen LogP contribution is 2.21. The van der Waals surface area contributed by atoms with E-state index in [4.69, 9.17) is 11.5 Å². The Labute approximate surface area is 125 Å². The second kappa shape index (κ2) is 6.31. The number of nitrogens with two attached hydrogens (primary N) is 2. The van der Waals surface area contributed by atoms with Crippen molar-refractivity contribution < 1.29 is 4.79 Å². The average molecular weight is 283 g/mol. The second-order valence-electron chi connectivity index (χ2n) is 5.37. The van der Waals surface area contributed by atoms with E-state index < -0.39 is 5.91 Å².